The third kappa shape index (κ3) is 4.41. The number of urea groups is 1. The van der Waals surface area contributed by atoms with Crippen LogP contribution in [-0.2, 0) is 6.54 Å². The summed E-state index contributed by atoms with van der Waals surface area (Å²) in [5.41, 5.74) is 2.26. The van der Waals surface area contributed by atoms with E-state index in [1.807, 2.05) is 53.4 Å². The van der Waals surface area contributed by atoms with E-state index < -0.39 is 0 Å². The summed E-state index contributed by atoms with van der Waals surface area (Å²) in [5.74, 6) is 1.62. The summed E-state index contributed by atoms with van der Waals surface area (Å²) in [7, 11) is 0. The Hall–Kier alpha value is -2.99. The van der Waals surface area contributed by atoms with Gasteiger partial charge >= 0.3 is 6.03 Å². The Balaban J connectivity index is 1.24. The molecule has 2 amide bonds. The van der Waals surface area contributed by atoms with E-state index in [1.165, 1.54) is 5.56 Å². The Bertz CT molecular complexity index is 815. The van der Waals surface area contributed by atoms with Gasteiger partial charge in [0, 0.05) is 38.9 Å². The number of fused-ring (bicyclic) bond motifs is 1. The molecule has 0 unspecified atom stereocenters. The lowest BCUT2D eigenvalue weighted by Crippen LogP contribution is -2.50. The molecule has 27 heavy (non-hydrogen) atoms. The number of carbonyl (C=O) groups is 1. The van der Waals surface area contributed by atoms with Crippen molar-refractivity contribution in [3.05, 3.63) is 65.9 Å². The Morgan fingerprint density at radius 3 is 2.59 bits per heavy atom. The molecule has 2 heterocycles. The smallest absolute Gasteiger partial charge is 0.321 e. The summed E-state index contributed by atoms with van der Waals surface area (Å²) in [6, 6.07) is 15.9. The molecule has 1 saturated heterocycles. The van der Waals surface area contributed by atoms with E-state index in [9.17, 15) is 4.79 Å². The summed E-state index contributed by atoms with van der Waals surface area (Å²) >= 11 is 0. The number of hydrogen-bond donors (Lipinski definition) is 1. The molecule has 2 aliphatic heterocycles. The highest BCUT2D eigenvalue weighted by molar-refractivity contribution is 5.76. The molecule has 0 bridgehead atoms. The van der Waals surface area contributed by atoms with Gasteiger partial charge < -0.3 is 19.7 Å². The Kier molecular flexibility index (Phi) is 5.25. The molecular formula is C21H23N3O3. The normalized spacial score (nSPS) is 16.7. The molecule has 0 spiro atoms. The summed E-state index contributed by atoms with van der Waals surface area (Å²) in [4.78, 5) is 16.5. The first-order valence-electron chi connectivity index (χ1n) is 9.16. The molecule has 0 aromatic heterocycles. The third-order valence-corrected chi connectivity index (χ3v) is 4.78. The highest BCUT2D eigenvalue weighted by Gasteiger charge is 2.21. The SMILES string of the molecule is O=C(N/C=C/c1ccccc1)N1CCN(Cc2ccc3c(c2)OCO3)CC1. The van der Waals surface area contributed by atoms with Crippen LogP contribution in [0.2, 0.25) is 0 Å². The lowest BCUT2D eigenvalue weighted by Gasteiger charge is -2.34. The minimum Gasteiger partial charge on any atom is -0.454 e. The first-order chi connectivity index (χ1) is 13.3. The summed E-state index contributed by atoms with van der Waals surface area (Å²) in [6.07, 6.45) is 3.60. The minimum absolute atomic E-state index is 0.0510. The first kappa shape index (κ1) is 17.4. The molecule has 140 valence electrons. The zero-order valence-corrected chi connectivity index (χ0v) is 15.1. The van der Waals surface area contributed by atoms with Crippen LogP contribution < -0.4 is 14.8 Å². The van der Waals surface area contributed by atoms with Gasteiger partial charge in [0.15, 0.2) is 11.5 Å². The topological polar surface area (TPSA) is 54.0 Å². The molecule has 2 aliphatic rings. The highest BCUT2D eigenvalue weighted by Crippen LogP contribution is 2.32. The molecule has 2 aromatic rings. The van der Waals surface area contributed by atoms with Gasteiger partial charge in [0.1, 0.15) is 0 Å². The van der Waals surface area contributed by atoms with Crippen LogP contribution in [0.3, 0.4) is 0 Å². The number of ether oxygens (including phenoxy) is 2. The fraction of sp³-hybridized carbons (Fsp3) is 0.286. The quantitative estimate of drug-likeness (QED) is 0.905. The lowest BCUT2D eigenvalue weighted by molar-refractivity contribution is 0.137. The van der Waals surface area contributed by atoms with Crippen LogP contribution in [0.1, 0.15) is 11.1 Å². The van der Waals surface area contributed by atoms with Gasteiger partial charge in [0.2, 0.25) is 6.79 Å². The summed E-state index contributed by atoms with van der Waals surface area (Å²) in [6.45, 7) is 4.28. The number of benzene rings is 2. The number of rotatable bonds is 4. The fourth-order valence-corrected chi connectivity index (χ4v) is 3.27. The van der Waals surface area contributed by atoms with Gasteiger partial charge in [-0.15, -0.1) is 0 Å². The number of amides is 2. The zero-order valence-electron chi connectivity index (χ0n) is 15.1. The van der Waals surface area contributed by atoms with Crippen LogP contribution in [0, 0.1) is 0 Å². The van der Waals surface area contributed by atoms with Crippen molar-refractivity contribution in [1.82, 2.24) is 15.1 Å². The number of piperazine rings is 1. The van der Waals surface area contributed by atoms with E-state index in [1.54, 1.807) is 6.20 Å². The van der Waals surface area contributed by atoms with E-state index in [-0.39, 0.29) is 6.03 Å². The maximum absolute atomic E-state index is 12.3. The monoisotopic (exact) mass is 365 g/mol. The van der Waals surface area contributed by atoms with Crippen molar-refractivity contribution in [3.8, 4) is 11.5 Å². The van der Waals surface area contributed by atoms with E-state index in [4.69, 9.17) is 9.47 Å². The molecule has 6 heteroatoms. The van der Waals surface area contributed by atoms with Gasteiger partial charge in [-0.05, 0) is 29.3 Å². The molecular weight excluding hydrogens is 342 g/mol. The van der Waals surface area contributed by atoms with Gasteiger partial charge in [-0.25, -0.2) is 4.79 Å². The molecule has 2 aromatic carbocycles. The second-order valence-electron chi connectivity index (χ2n) is 6.64. The van der Waals surface area contributed by atoms with Gasteiger partial charge in [-0.1, -0.05) is 36.4 Å². The van der Waals surface area contributed by atoms with Crippen LogP contribution in [0.5, 0.6) is 11.5 Å². The molecule has 0 atom stereocenters. The molecule has 4 rings (SSSR count). The van der Waals surface area contributed by atoms with Crippen LogP contribution in [0.25, 0.3) is 6.08 Å². The van der Waals surface area contributed by atoms with Crippen molar-refractivity contribution in [2.75, 3.05) is 33.0 Å². The molecule has 0 aliphatic carbocycles. The summed E-state index contributed by atoms with van der Waals surface area (Å²) in [5, 5.41) is 2.85. The van der Waals surface area contributed by atoms with Crippen molar-refractivity contribution in [2.45, 2.75) is 6.54 Å². The number of hydrogen-bond acceptors (Lipinski definition) is 4. The second-order valence-corrected chi connectivity index (χ2v) is 6.64. The molecule has 6 nitrogen and oxygen atoms in total. The maximum Gasteiger partial charge on any atom is 0.321 e. The van der Waals surface area contributed by atoms with Gasteiger partial charge in [-0.2, -0.15) is 0 Å². The molecule has 0 radical (unpaired) electrons. The maximum atomic E-state index is 12.3. The van der Waals surface area contributed by atoms with Crippen molar-refractivity contribution < 1.29 is 14.3 Å². The zero-order chi connectivity index (χ0) is 18.5. The number of nitrogens with zero attached hydrogens (tertiary/aromatic N) is 2. The largest absolute Gasteiger partial charge is 0.454 e. The number of nitrogens with one attached hydrogen (secondary N) is 1. The lowest BCUT2D eigenvalue weighted by atomic mass is 10.1. The van der Waals surface area contributed by atoms with Crippen molar-refractivity contribution in [2.24, 2.45) is 0 Å². The predicted molar refractivity (Wildman–Crippen MR) is 103 cm³/mol. The second kappa shape index (κ2) is 8.14. The molecule has 0 saturated carbocycles. The van der Waals surface area contributed by atoms with Crippen LogP contribution >= 0.6 is 0 Å². The van der Waals surface area contributed by atoms with Crippen LogP contribution in [-0.4, -0.2) is 48.8 Å². The highest BCUT2D eigenvalue weighted by atomic mass is 16.7. The van der Waals surface area contributed by atoms with Crippen LogP contribution in [0.4, 0.5) is 4.79 Å². The molecule has 1 fully saturated rings. The Labute approximate surface area is 159 Å². The van der Waals surface area contributed by atoms with Gasteiger partial charge in [-0.3, -0.25) is 4.90 Å². The van der Waals surface area contributed by atoms with Crippen molar-refractivity contribution >= 4 is 12.1 Å². The van der Waals surface area contributed by atoms with E-state index >= 15 is 0 Å². The average Bonchev–Trinajstić information content (AvgIpc) is 3.17. The van der Waals surface area contributed by atoms with Gasteiger partial charge in [0.05, 0.1) is 0 Å². The standard InChI is InChI=1S/C21H23N3O3/c25-21(22-9-8-17-4-2-1-3-5-17)24-12-10-23(11-13-24)15-18-6-7-19-20(14-18)27-16-26-19/h1-9,14H,10-13,15-16H2,(H,22,25)/b9-8+. The Morgan fingerprint density at radius 1 is 1.00 bits per heavy atom. The summed E-state index contributed by atoms with van der Waals surface area (Å²) < 4.78 is 10.8. The third-order valence-electron chi connectivity index (χ3n) is 4.78. The van der Waals surface area contributed by atoms with E-state index in [0.717, 1.165) is 49.8 Å². The van der Waals surface area contributed by atoms with Crippen molar-refractivity contribution in [1.29, 1.82) is 0 Å². The predicted octanol–water partition coefficient (Wildman–Crippen LogP) is 2.91. The Morgan fingerprint density at radius 2 is 1.78 bits per heavy atom. The van der Waals surface area contributed by atoms with Gasteiger partial charge in [0.25, 0.3) is 0 Å². The van der Waals surface area contributed by atoms with Crippen LogP contribution in [0.15, 0.2) is 54.7 Å². The fourth-order valence-electron chi connectivity index (χ4n) is 3.27. The van der Waals surface area contributed by atoms with E-state index in [0.29, 0.717) is 6.79 Å². The minimum atomic E-state index is -0.0510. The molecule has 1 N–H and O–H groups in total. The van der Waals surface area contributed by atoms with E-state index in [2.05, 4.69) is 16.3 Å². The van der Waals surface area contributed by atoms with Crippen molar-refractivity contribution in [3.63, 3.8) is 0 Å². The number of carbonyl (C=O) groups excluding carboxylic acids is 1. The first-order valence-corrected chi connectivity index (χ1v) is 9.16. The average molecular weight is 365 g/mol.